The fourth-order valence-electron chi connectivity index (χ4n) is 6.01. The molecule has 0 bridgehead atoms. The second-order valence-corrected chi connectivity index (χ2v) is 10.6. The van der Waals surface area contributed by atoms with Crippen molar-refractivity contribution >= 4 is 5.84 Å². The van der Waals surface area contributed by atoms with E-state index < -0.39 is 0 Å². The molecule has 3 heterocycles. The summed E-state index contributed by atoms with van der Waals surface area (Å²) in [6.45, 7) is 8.05. The van der Waals surface area contributed by atoms with Crippen molar-refractivity contribution in [2.75, 3.05) is 32.8 Å². The highest BCUT2D eigenvalue weighted by Crippen LogP contribution is 2.49. The lowest BCUT2D eigenvalue weighted by atomic mass is 9.77. The Labute approximate surface area is 186 Å². The maximum atomic E-state index is 6.15. The Morgan fingerprint density at radius 2 is 1.74 bits per heavy atom. The van der Waals surface area contributed by atoms with Crippen LogP contribution in [0.4, 0.5) is 0 Å². The second-order valence-electron chi connectivity index (χ2n) is 10.6. The molecule has 0 amide bonds. The van der Waals surface area contributed by atoms with E-state index in [1.807, 2.05) is 0 Å². The normalized spacial score (nSPS) is 25.7. The smallest absolute Gasteiger partial charge is 0.170 e. The first-order chi connectivity index (χ1) is 15.2. The zero-order valence-electron chi connectivity index (χ0n) is 19.1. The molecule has 0 atom stereocenters. The van der Waals surface area contributed by atoms with Gasteiger partial charge in [-0.2, -0.15) is 0 Å². The molecule has 2 aliphatic carbocycles. The van der Waals surface area contributed by atoms with Crippen molar-refractivity contribution in [3.8, 4) is 5.75 Å². The van der Waals surface area contributed by atoms with Crippen molar-refractivity contribution in [2.45, 2.75) is 88.7 Å². The molecule has 2 saturated heterocycles. The monoisotopic (exact) mass is 423 g/mol. The first-order valence-corrected chi connectivity index (χ1v) is 12.7. The zero-order chi connectivity index (χ0) is 20.8. The predicted molar refractivity (Wildman–Crippen MR) is 123 cm³/mol. The van der Waals surface area contributed by atoms with Gasteiger partial charge in [0.1, 0.15) is 11.6 Å². The van der Waals surface area contributed by atoms with E-state index in [0.29, 0.717) is 0 Å². The molecule has 5 aliphatic rings. The molecular formula is C26H37N3O2. The van der Waals surface area contributed by atoms with Crippen LogP contribution in [-0.2, 0) is 11.4 Å². The Bertz CT molecular complexity index is 846. The molecule has 0 N–H and O–H groups in total. The Morgan fingerprint density at radius 3 is 2.42 bits per heavy atom. The van der Waals surface area contributed by atoms with Crippen LogP contribution in [0.25, 0.3) is 0 Å². The molecule has 31 heavy (non-hydrogen) atoms. The molecule has 1 spiro atoms. The van der Waals surface area contributed by atoms with E-state index in [0.717, 1.165) is 63.3 Å². The quantitative estimate of drug-likeness (QED) is 0.645. The molecule has 0 aromatic heterocycles. The Morgan fingerprint density at radius 1 is 1.00 bits per heavy atom. The highest BCUT2D eigenvalue weighted by molar-refractivity contribution is 5.84. The summed E-state index contributed by atoms with van der Waals surface area (Å²) in [5.41, 5.74) is 4.52. The van der Waals surface area contributed by atoms with Crippen molar-refractivity contribution in [1.82, 2.24) is 9.80 Å². The predicted octanol–water partition coefficient (Wildman–Crippen LogP) is 5.00. The van der Waals surface area contributed by atoms with Crippen LogP contribution in [-0.4, -0.2) is 54.0 Å². The van der Waals surface area contributed by atoms with E-state index in [-0.39, 0.29) is 5.60 Å². The van der Waals surface area contributed by atoms with Gasteiger partial charge in [-0.1, -0.05) is 17.6 Å². The standard InChI is InChI=1S/C26H37N3O2/c1-2-30-24-14-23(19-7-6-8-19)22(20-9-10-20)13-21(24)16-28-17-26(18-28)15-25(27-31-26)29-11-4-3-5-12-29/h13-14,19-20H,2-12,15-18H2,1H3. The van der Waals surface area contributed by atoms with E-state index >= 15 is 0 Å². The number of ether oxygens (including phenoxy) is 1. The van der Waals surface area contributed by atoms with Gasteiger partial charge in [0, 0.05) is 38.3 Å². The van der Waals surface area contributed by atoms with Crippen LogP contribution in [0.2, 0.25) is 0 Å². The van der Waals surface area contributed by atoms with Crippen LogP contribution in [0, 0.1) is 0 Å². The number of oxime groups is 1. The van der Waals surface area contributed by atoms with Gasteiger partial charge in [-0.3, -0.25) is 4.90 Å². The van der Waals surface area contributed by atoms with Crippen molar-refractivity contribution in [3.63, 3.8) is 0 Å². The number of rotatable bonds is 6. The lowest BCUT2D eigenvalue weighted by molar-refractivity contribution is -0.128. The summed E-state index contributed by atoms with van der Waals surface area (Å²) in [7, 11) is 0. The largest absolute Gasteiger partial charge is 0.494 e. The number of likely N-dealkylation sites (tertiary alicyclic amines) is 2. The van der Waals surface area contributed by atoms with Gasteiger partial charge in [0.2, 0.25) is 0 Å². The van der Waals surface area contributed by atoms with Gasteiger partial charge in [-0.25, -0.2) is 0 Å². The highest BCUT2D eigenvalue weighted by atomic mass is 16.7. The van der Waals surface area contributed by atoms with E-state index in [1.165, 1.54) is 62.8 Å². The van der Waals surface area contributed by atoms with Crippen molar-refractivity contribution in [3.05, 3.63) is 28.8 Å². The second kappa shape index (κ2) is 7.99. The maximum absolute atomic E-state index is 6.15. The SMILES string of the molecule is CCOc1cc(C2CCC2)c(C2CC2)cc1CN1CC2(CC(N3CCCCC3)=NO2)C1. The summed E-state index contributed by atoms with van der Waals surface area (Å²) in [6, 6.07) is 4.92. The molecule has 168 valence electrons. The number of piperidine rings is 1. The Kier molecular flexibility index (Phi) is 5.13. The fourth-order valence-corrected chi connectivity index (χ4v) is 6.01. The summed E-state index contributed by atoms with van der Waals surface area (Å²) in [4.78, 5) is 11.0. The zero-order valence-corrected chi connectivity index (χ0v) is 19.1. The molecular weight excluding hydrogens is 386 g/mol. The summed E-state index contributed by atoms with van der Waals surface area (Å²) in [5, 5.41) is 4.51. The molecule has 5 heteroatoms. The van der Waals surface area contributed by atoms with Gasteiger partial charge < -0.3 is 14.5 Å². The van der Waals surface area contributed by atoms with Crippen LogP contribution >= 0.6 is 0 Å². The van der Waals surface area contributed by atoms with E-state index in [9.17, 15) is 0 Å². The minimum atomic E-state index is -0.0796. The minimum absolute atomic E-state index is 0.0796. The average molecular weight is 424 g/mol. The third kappa shape index (κ3) is 3.83. The highest BCUT2D eigenvalue weighted by Gasteiger charge is 2.50. The molecule has 1 aromatic carbocycles. The van der Waals surface area contributed by atoms with Gasteiger partial charge in [0.25, 0.3) is 0 Å². The van der Waals surface area contributed by atoms with Crippen molar-refractivity contribution < 1.29 is 9.57 Å². The topological polar surface area (TPSA) is 37.3 Å². The summed E-state index contributed by atoms with van der Waals surface area (Å²) in [5.74, 6) is 3.88. The van der Waals surface area contributed by atoms with Crippen LogP contribution in [0.1, 0.15) is 93.2 Å². The molecule has 6 rings (SSSR count). The van der Waals surface area contributed by atoms with Gasteiger partial charge in [0.15, 0.2) is 5.60 Å². The van der Waals surface area contributed by atoms with Crippen LogP contribution < -0.4 is 4.74 Å². The summed E-state index contributed by atoms with van der Waals surface area (Å²) < 4.78 is 6.15. The molecule has 0 unspecified atom stereocenters. The molecule has 0 radical (unpaired) electrons. The van der Waals surface area contributed by atoms with Gasteiger partial charge in [-0.15, -0.1) is 0 Å². The minimum Gasteiger partial charge on any atom is -0.494 e. The molecule has 1 aromatic rings. The van der Waals surface area contributed by atoms with Crippen molar-refractivity contribution in [1.29, 1.82) is 0 Å². The van der Waals surface area contributed by atoms with Crippen molar-refractivity contribution in [2.24, 2.45) is 5.16 Å². The molecule has 2 saturated carbocycles. The fraction of sp³-hybridized carbons (Fsp3) is 0.731. The third-order valence-electron chi connectivity index (χ3n) is 8.09. The summed E-state index contributed by atoms with van der Waals surface area (Å²) in [6.07, 6.45) is 11.7. The lowest BCUT2D eigenvalue weighted by Crippen LogP contribution is -2.61. The van der Waals surface area contributed by atoms with Gasteiger partial charge >= 0.3 is 0 Å². The average Bonchev–Trinajstić information content (AvgIpc) is 3.47. The number of hydrogen-bond acceptors (Lipinski definition) is 5. The van der Waals surface area contributed by atoms with Crippen LogP contribution in [0.5, 0.6) is 5.75 Å². The number of amidine groups is 1. The Balaban J connectivity index is 1.14. The Hall–Kier alpha value is -1.75. The number of benzene rings is 1. The van der Waals surface area contributed by atoms with E-state index in [1.54, 1.807) is 11.1 Å². The van der Waals surface area contributed by atoms with E-state index in [4.69, 9.17) is 9.57 Å². The van der Waals surface area contributed by atoms with Crippen LogP contribution in [0.15, 0.2) is 17.3 Å². The molecule has 5 nitrogen and oxygen atoms in total. The third-order valence-corrected chi connectivity index (χ3v) is 8.09. The summed E-state index contributed by atoms with van der Waals surface area (Å²) >= 11 is 0. The van der Waals surface area contributed by atoms with Gasteiger partial charge in [-0.05, 0) is 80.9 Å². The van der Waals surface area contributed by atoms with Crippen LogP contribution in [0.3, 0.4) is 0 Å². The van der Waals surface area contributed by atoms with E-state index in [2.05, 4.69) is 34.0 Å². The number of nitrogens with zero attached hydrogens (tertiary/aromatic N) is 3. The first-order valence-electron chi connectivity index (χ1n) is 12.7. The first kappa shape index (κ1) is 19.9. The van der Waals surface area contributed by atoms with Gasteiger partial charge in [0.05, 0.1) is 13.0 Å². The molecule has 3 aliphatic heterocycles. The molecule has 4 fully saturated rings. The maximum Gasteiger partial charge on any atom is 0.170 e. The number of hydrogen-bond donors (Lipinski definition) is 0. The lowest BCUT2D eigenvalue weighted by Gasteiger charge is -2.45.